The van der Waals surface area contributed by atoms with Gasteiger partial charge in [0.2, 0.25) is 0 Å². The van der Waals surface area contributed by atoms with Gasteiger partial charge in [-0.15, -0.1) is 0 Å². The van der Waals surface area contributed by atoms with E-state index in [-0.39, 0.29) is 12.1 Å². The van der Waals surface area contributed by atoms with Gasteiger partial charge in [-0.05, 0) is 18.8 Å². The number of rotatable bonds is 0. The number of aliphatic hydroxyl groups excluding tert-OH is 1. The number of urea groups is 1. The van der Waals surface area contributed by atoms with Crippen molar-refractivity contribution >= 4 is 6.03 Å². The molecule has 3 rings (SSSR count). The van der Waals surface area contributed by atoms with Crippen molar-refractivity contribution in [1.82, 2.24) is 9.80 Å². The van der Waals surface area contributed by atoms with Gasteiger partial charge in [0, 0.05) is 32.1 Å². The van der Waals surface area contributed by atoms with Gasteiger partial charge >= 0.3 is 6.03 Å². The first-order chi connectivity index (χ1) is 8.25. The van der Waals surface area contributed by atoms with Gasteiger partial charge in [-0.25, -0.2) is 4.79 Å². The van der Waals surface area contributed by atoms with Gasteiger partial charge in [0.15, 0.2) is 0 Å². The highest BCUT2D eigenvalue weighted by Crippen LogP contribution is 2.38. The van der Waals surface area contributed by atoms with E-state index in [0.717, 1.165) is 25.9 Å². The van der Waals surface area contributed by atoms with Crippen LogP contribution in [0, 0.1) is 11.8 Å². The topological polar surface area (TPSA) is 53.0 Å². The van der Waals surface area contributed by atoms with Crippen LogP contribution in [0.4, 0.5) is 4.79 Å². The lowest BCUT2D eigenvalue weighted by Crippen LogP contribution is -2.47. The number of aliphatic hydroxyl groups is 1. The van der Waals surface area contributed by atoms with Crippen molar-refractivity contribution in [2.45, 2.75) is 18.9 Å². The Balaban J connectivity index is 1.60. The standard InChI is InChI=1S/C12H20N2O3/c15-11-2-1-9-7-14(8-10(9)11)12(16)13-3-5-17-6-4-13/h9-11,15H,1-8H2. The van der Waals surface area contributed by atoms with Gasteiger partial charge in [0.05, 0.1) is 19.3 Å². The van der Waals surface area contributed by atoms with E-state index < -0.39 is 0 Å². The molecule has 3 unspecified atom stereocenters. The van der Waals surface area contributed by atoms with E-state index in [1.807, 2.05) is 9.80 Å². The zero-order valence-corrected chi connectivity index (χ0v) is 10.0. The zero-order chi connectivity index (χ0) is 11.8. The molecule has 1 aliphatic carbocycles. The van der Waals surface area contributed by atoms with Crippen LogP contribution in [0.15, 0.2) is 0 Å². The van der Waals surface area contributed by atoms with Crippen molar-refractivity contribution in [3.8, 4) is 0 Å². The summed E-state index contributed by atoms with van der Waals surface area (Å²) in [4.78, 5) is 16.0. The lowest BCUT2D eigenvalue weighted by atomic mass is 10.00. The fourth-order valence-electron chi connectivity index (χ4n) is 3.35. The first-order valence-electron chi connectivity index (χ1n) is 6.55. The van der Waals surface area contributed by atoms with Crippen LogP contribution in [0.5, 0.6) is 0 Å². The molecule has 0 bridgehead atoms. The second-order valence-electron chi connectivity index (χ2n) is 5.36. The predicted octanol–water partition coefficient (Wildman–Crippen LogP) is 0.141. The molecule has 0 aromatic rings. The Kier molecular flexibility index (Phi) is 2.96. The SMILES string of the molecule is O=C(N1CCOCC1)N1CC2CCC(O)C2C1. The van der Waals surface area contributed by atoms with Gasteiger partial charge < -0.3 is 19.6 Å². The third kappa shape index (κ3) is 2.02. The largest absolute Gasteiger partial charge is 0.393 e. The molecule has 0 aromatic carbocycles. The van der Waals surface area contributed by atoms with E-state index in [1.165, 1.54) is 0 Å². The summed E-state index contributed by atoms with van der Waals surface area (Å²) in [5.74, 6) is 0.843. The van der Waals surface area contributed by atoms with E-state index >= 15 is 0 Å². The van der Waals surface area contributed by atoms with Crippen molar-refractivity contribution in [2.75, 3.05) is 39.4 Å². The molecular formula is C12H20N2O3. The molecular weight excluding hydrogens is 220 g/mol. The van der Waals surface area contributed by atoms with Gasteiger partial charge in [-0.2, -0.15) is 0 Å². The van der Waals surface area contributed by atoms with Crippen LogP contribution in [0.2, 0.25) is 0 Å². The third-order valence-electron chi connectivity index (χ3n) is 4.37. The lowest BCUT2D eigenvalue weighted by Gasteiger charge is -2.31. The van der Waals surface area contributed by atoms with Crippen molar-refractivity contribution in [1.29, 1.82) is 0 Å². The number of ether oxygens (including phenoxy) is 1. The van der Waals surface area contributed by atoms with Gasteiger partial charge in [0.25, 0.3) is 0 Å². The van der Waals surface area contributed by atoms with Crippen molar-refractivity contribution in [2.24, 2.45) is 11.8 Å². The van der Waals surface area contributed by atoms with Crippen LogP contribution in [-0.2, 0) is 4.74 Å². The molecule has 2 amide bonds. The van der Waals surface area contributed by atoms with Crippen LogP contribution >= 0.6 is 0 Å². The second kappa shape index (κ2) is 4.46. The number of amides is 2. The molecule has 3 aliphatic rings. The lowest BCUT2D eigenvalue weighted by molar-refractivity contribution is 0.0436. The highest BCUT2D eigenvalue weighted by Gasteiger charge is 2.44. The molecule has 0 radical (unpaired) electrons. The highest BCUT2D eigenvalue weighted by atomic mass is 16.5. The minimum atomic E-state index is -0.192. The first-order valence-corrected chi connectivity index (χ1v) is 6.55. The number of nitrogens with zero attached hydrogens (tertiary/aromatic N) is 2. The first kappa shape index (κ1) is 11.3. The Bertz CT molecular complexity index is 304. The fourth-order valence-corrected chi connectivity index (χ4v) is 3.35. The number of morpholine rings is 1. The molecule has 17 heavy (non-hydrogen) atoms. The van der Waals surface area contributed by atoms with E-state index in [1.54, 1.807) is 0 Å². The molecule has 2 aliphatic heterocycles. The Morgan fingerprint density at radius 2 is 1.88 bits per heavy atom. The van der Waals surface area contributed by atoms with Crippen LogP contribution < -0.4 is 0 Å². The van der Waals surface area contributed by atoms with Crippen molar-refractivity contribution in [3.05, 3.63) is 0 Å². The summed E-state index contributed by atoms with van der Waals surface area (Å²) in [6.45, 7) is 4.27. The Morgan fingerprint density at radius 1 is 1.12 bits per heavy atom. The van der Waals surface area contributed by atoms with Crippen LogP contribution in [-0.4, -0.2) is 66.4 Å². The summed E-state index contributed by atoms with van der Waals surface area (Å²) in [6.07, 6.45) is 1.79. The quantitative estimate of drug-likeness (QED) is 0.655. The third-order valence-corrected chi connectivity index (χ3v) is 4.37. The smallest absolute Gasteiger partial charge is 0.320 e. The number of carbonyl (C=O) groups is 1. The number of carbonyl (C=O) groups excluding carboxylic acids is 1. The van der Waals surface area contributed by atoms with Gasteiger partial charge in [-0.3, -0.25) is 0 Å². The summed E-state index contributed by atoms with van der Waals surface area (Å²) in [7, 11) is 0. The normalized spacial score (nSPS) is 37.4. The van der Waals surface area contributed by atoms with Crippen LogP contribution in [0.3, 0.4) is 0 Å². The molecule has 3 fully saturated rings. The minimum Gasteiger partial charge on any atom is -0.393 e. The minimum absolute atomic E-state index is 0.134. The number of hydrogen-bond acceptors (Lipinski definition) is 3. The summed E-state index contributed by atoms with van der Waals surface area (Å²) in [6, 6.07) is 0.134. The molecule has 5 nitrogen and oxygen atoms in total. The highest BCUT2D eigenvalue weighted by molar-refractivity contribution is 5.75. The van der Waals surface area contributed by atoms with E-state index in [9.17, 15) is 9.90 Å². The summed E-state index contributed by atoms with van der Waals surface area (Å²) < 4.78 is 5.25. The van der Waals surface area contributed by atoms with Crippen LogP contribution in [0.25, 0.3) is 0 Å². The maximum Gasteiger partial charge on any atom is 0.320 e. The second-order valence-corrected chi connectivity index (χ2v) is 5.36. The summed E-state index contributed by atoms with van der Waals surface area (Å²) in [5, 5.41) is 9.84. The Hall–Kier alpha value is -0.810. The van der Waals surface area contributed by atoms with Gasteiger partial charge in [0.1, 0.15) is 0 Å². The molecule has 2 heterocycles. The molecule has 3 atom stereocenters. The molecule has 5 heteroatoms. The Labute approximate surface area is 101 Å². The molecule has 1 N–H and O–H groups in total. The number of likely N-dealkylation sites (tertiary alicyclic amines) is 1. The number of fused-ring (bicyclic) bond motifs is 1. The van der Waals surface area contributed by atoms with Crippen molar-refractivity contribution < 1.29 is 14.6 Å². The van der Waals surface area contributed by atoms with Crippen LogP contribution in [0.1, 0.15) is 12.8 Å². The zero-order valence-electron chi connectivity index (χ0n) is 10.0. The average Bonchev–Trinajstić information content (AvgIpc) is 2.92. The molecule has 96 valence electrons. The average molecular weight is 240 g/mol. The van der Waals surface area contributed by atoms with E-state index in [2.05, 4.69) is 0 Å². The molecule has 2 saturated heterocycles. The predicted molar refractivity (Wildman–Crippen MR) is 61.6 cm³/mol. The molecule has 0 aromatic heterocycles. The van der Waals surface area contributed by atoms with E-state index in [0.29, 0.717) is 38.1 Å². The number of hydrogen-bond donors (Lipinski definition) is 1. The summed E-state index contributed by atoms with van der Waals surface area (Å²) >= 11 is 0. The fraction of sp³-hybridized carbons (Fsp3) is 0.917. The monoisotopic (exact) mass is 240 g/mol. The molecule has 0 spiro atoms. The van der Waals surface area contributed by atoms with Gasteiger partial charge in [-0.1, -0.05) is 0 Å². The van der Waals surface area contributed by atoms with Crippen molar-refractivity contribution in [3.63, 3.8) is 0 Å². The molecule has 1 saturated carbocycles. The maximum absolute atomic E-state index is 12.3. The van der Waals surface area contributed by atoms with E-state index in [4.69, 9.17) is 4.74 Å². The maximum atomic E-state index is 12.3. The Morgan fingerprint density at radius 3 is 2.59 bits per heavy atom. The summed E-state index contributed by atoms with van der Waals surface area (Å²) in [5.41, 5.74) is 0.